The van der Waals surface area contributed by atoms with Crippen molar-refractivity contribution in [2.24, 2.45) is 21.7 Å². The highest BCUT2D eigenvalue weighted by molar-refractivity contribution is 9.11. The minimum absolute atomic E-state index is 0.0867. The Hall–Kier alpha value is -1.08. The maximum Gasteiger partial charge on any atom is 0.211 e. The van der Waals surface area contributed by atoms with Crippen LogP contribution in [0.15, 0.2) is 31.3 Å². The summed E-state index contributed by atoms with van der Waals surface area (Å²) in [4.78, 5) is 0. The molecule has 0 bridgehead atoms. The third-order valence-corrected chi connectivity index (χ3v) is 2.90. The number of ether oxygens (including phenoxy) is 1. The Balaban J connectivity index is 3.06. The van der Waals surface area contributed by atoms with Gasteiger partial charge >= 0.3 is 0 Å². The number of nitrogens with two attached hydrogens (primary N) is 2. The van der Waals surface area contributed by atoms with Crippen molar-refractivity contribution in [3.63, 3.8) is 0 Å². The van der Waals surface area contributed by atoms with Crippen LogP contribution >= 0.6 is 31.9 Å². The van der Waals surface area contributed by atoms with Gasteiger partial charge in [-0.05, 0) is 34.5 Å². The van der Waals surface area contributed by atoms with E-state index in [0.717, 1.165) is 26.7 Å². The van der Waals surface area contributed by atoms with Gasteiger partial charge < -0.3 is 16.2 Å². The summed E-state index contributed by atoms with van der Waals surface area (Å²) in [5.41, 5.74) is 11.2. The molecule has 4 N–H and O–H groups in total. The van der Waals surface area contributed by atoms with E-state index >= 15 is 0 Å². The molecule has 0 saturated carbocycles. The van der Waals surface area contributed by atoms with Crippen molar-refractivity contribution in [3.8, 4) is 5.75 Å². The molecule has 0 unspecified atom stereocenters. The molecule has 0 atom stereocenters. The smallest absolute Gasteiger partial charge is 0.211 e. The van der Waals surface area contributed by atoms with Gasteiger partial charge in [-0.1, -0.05) is 22.9 Å². The molecule has 1 aromatic rings. The standard InChI is InChI=1S/C11H14Br2N4O/c1-2-3-18-10-7(6-16-17-11(14)15)4-8(12)5-9(10)13/h4-6H,2-3H2,1H3,(H4,14,15,17)/b16-6-. The molecule has 0 aliphatic heterocycles. The van der Waals surface area contributed by atoms with E-state index in [-0.39, 0.29) is 5.96 Å². The van der Waals surface area contributed by atoms with E-state index < -0.39 is 0 Å². The number of rotatable bonds is 5. The lowest BCUT2D eigenvalue weighted by Gasteiger charge is -2.10. The Labute approximate surface area is 123 Å². The van der Waals surface area contributed by atoms with Crippen molar-refractivity contribution in [2.45, 2.75) is 13.3 Å². The average Bonchev–Trinajstić information content (AvgIpc) is 2.27. The van der Waals surface area contributed by atoms with Gasteiger partial charge in [-0.2, -0.15) is 5.10 Å². The van der Waals surface area contributed by atoms with Gasteiger partial charge in [-0.3, -0.25) is 0 Å². The van der Waals surface area contributed by atoms with Crippen molar-refractivity contribution in [1.82, 2.24) is 0 Å². The van der Waals surface area contributed by atoms with Crippen LogP contribution in [0.1, 0.15) is 18.9 Å². The van der Waals surface area contributed by atoms with E-state index in [1.54, 1.807) is 6.21 Å². The molecule has 7 heteroatoms. The molecular formula is C11H14Br2N4O. The number of hydrogen-bond donors (Lipinski definition) is 2. The van der Waals surface area contributed by atoms with Crippen LogP contribution in [0.5, 0.6) is 5.75 Å². The first-order valence-electron chi connectivity index (χ1n) is 5.28. The molecule has 1 aromatic carbocycles. The number of guanidine groups is 1. The number of halogens is 2. The highest BCUT2D eigenvalue weighted by atomic mass is 79.9. The Kier molecular flexibility index (Phi) is 6.14. The van der Waals surface area contributed by atoms with E-state index in [1.807, 2.05) is 19.1 Å². The summed E-state index contributed by atoms with van der Waals surface area (Å²) in [5.74, 6) is 0.630. The maximum absolute atomic E-state index is 5.66. The topological polar surface area (TPSA) is 86.0 Å². The van der Waals surface area contributed by atoms with Crippen molar-refractivity contribution in [3.05, 3.63) is 26.6 Å². The molecule has 5 nitrogen and oxygen atoms in total. The van der Waals surface area contributed by atoms with Crippen LogP contribution < -0.4 is 16.2 Å². The Morgan fingerprint density at radius 1 is 1.39 bits per heavy atom. The minimum Gasteiger partial charge on any atom is -0.492 e. The van der Waals surface area contributed by atoms with E-state index in [1.165, 1.54) is 0 Å². The molecule has 0 amide bonds. The van der Waals surface area contributed by atoms with Gasteiger partial charge in [0.15, 0.2) is 0 Å². The van der Waals surface area contributed by atoms with E-state index in [4.69, 9.17) is 16.2 Å². The second-order valence-corrected chi connectivity index (χ2v) is 5.19. The molecule has 0 radical (unpaired) electrons. The van der Waals surface area contributed by atoms with Crippen molar-refractivity contribution in [2.75, 3.05) is 6.61 Å². The molecule has 98 valence electrons. The largest absolute Gasteiger partial charge is 0.492 e. The lowest BCUT2D eigenvalue weighted by atomic mass is 10.2. The van der Waals surface area contributed by atoms with Crippen LogP contribution in [0.4, 0.5) is 0 Å². The average molecular weight is 378 g/mol. The molecular weight excluding hydrogens is 364 g/mol. The summed E-state index contributed by atoms with van der Waals surface area (Å²) >= 11 is 6.85. The molecule has 0 spiro atoms. The van der Waals surface area contributed by atoms with E-state index in [0.29, 0.717) is 6.61 Å². The first-order valence-corrected chi connectivity index (χ1v) is 6.87. The predicted molar refractivity (Wildman–Crippen MR) is 81.0 cm³/mol. The van der Waals surface area contributed by atoms with Crippen molar-refractivity contribution < 1.29 is 4.74 Å². The fraction of sp³-hybridized carbons (Fsp3) is 0.273. The normalized spacial score (nSPS) is 10.6. The van der Waals surface area contributed by atoms with Crippen LogP contribution in [0.25, 0.3) is 0 Å². The van der Waals surface area contributed by atoms with Crippen LogP contribution in [-0.2, 0) is 0 Å². The van der Waals surface area contributed by atoms with Crippen LogP contribution in [0, 0.1) is 0 Å². The summed E-state index contributed by atoms with van der Waals surface area (Å²) in [6, 6.07) is 3.78. The number of hydrogen-bond acceptors (Lipinski definition) is 3. The Morgan fingerprint density at radius 2 is 2.11 bits per heavy atom. The molecule has 0 saturated heterocycles. The Morgan fingerprint density at radius 3 is 2.72 bits per heavy atom. The lowest BCUT2D eigenvalue weighted by Crippen LogP contribution is -2.21. The van der Waals surface area contributed by atoms with Crippen LogP contribution in [0.3, 0.4) is 0 Å². The third kappa shape index (κ3) is 4.66. The summed E-state index contributed by atoms with van der Waals surface area (Å²) in [6.07, 6.45) is 2.47. The predicted octanol–water partition coefficient (Wildman–Crippen LogP) is 2.61. The summed E-state index contributed by atoms with van der Waals surface area (Å²) in [6.45, 7) is 2.67. The zero-order valence-electron chi connectivity index (χ0n) is 9.86. The van der Waals surface area contributed by atoms with Gasteiger partial charge in [-0.15, -0.1) is 5.10 Å². The number of nitrogens with zero attached hydrogens (tertiary/aromatic N) is 2. The minimum atomic E-state index is -0.0867. The third-order valence-electron chi connectivity index (χ3n) is 1.86. The Bertz CT molecular complexity index is 470. The van der Waals surface area contributed by atoms with Crippen molar-refractivity contribution >= 4 is 44.0 Å². The molecule has 0 heterocycles. The second-order valence-electron chi connectivity index (χ2n) is 3.42. The molecule has 0 aromatic heterocycles. The monoisotopic (exact) mass is 376 g/mol. The lowest BCUT2D eigenvalue weighted by molar-refractivity contribution is 0.315. The van der Waals surface area contributed by atoms with Crippen LogP contribution in [-0.4, -0.2) is 18.8 Å². The number of benzene rings is 1. The first-order chi connectivity index (χ1) is 8.54. The van der Waals surface area contributed by atoms with Gasteiger partial charge in [-0.25, -0.2) is 0 Å². The maximum atomic E-state index is 5.66. The highest BCUT2D eigenvalue weighted by Gasteiger charge is 2.08. The molecule has 0 fully saturated rings. The van der Waals surface area contributed by atoms with Crippen LogP contribution in [0.2, 0.25) is 0 Å². The molecule has 1 rings (SSSR count). The SMILES string of the molecule is CCCOc1c(Br)cc(Br)cc1/C=N\N=C(N)N. The van der Waals surface area contributed by atoms with Gasteiger partial charge in [0, 0.05) is 10.0 Å². The molecule has 0 aliphatic rings. The summed E-state index contributed by atoms with van der Waals surface area (Å²) < 4.78 is 7.41. The second kappa shape index (κ2) is 7.38. The van der Waals surface area contributed by atoms with Crippen molar-refractivity contribution in [1.29, 1.82) is 0 Å². The highest BCUT2D eigenvalue weighted by Crippen LogP contribution is 2.32. The zero-order valence-corrected chi connectivity index (χ0v) is 13.0. The summed E-state index contributed by atoms with van der Waals surface area (Å²) in [5, 5.41) is 7.34. The van der Waals surface area contributed by atoms with E-state index in [9.17, 15) is 0 Å². The zero-order chi connectivity index (χ0) is 13.5. The molecule has 18 heavy (non-hydrogen) atoms. The van der Waals surface area contributed by atoms with Gasteiger partial charge in [0.2, 0.25) is 5.96 Å². The molecule has 0 aliphatic carbocycles. The summed E-state index contributed by atoms with van der Waals surface area (Å²) in [7, 11) is 0. The quantitative estimate of drug-likeness (QED) is 0.469. The van der Waals surface area contributed by atoms with Gasteiger partial charge in [0.05, 0.1) is 17.3 Å². The van der Waals surface area contributed by atoms with Gasteiger partial charge in [0.25, 0.3) is 0 Å². The van der Waals surface area contributed by atoms with E-state index in [2.05, 4.69) is 42.1 Å². The first kappa shape index (κ1) is 15.0. The fourth-order valence-corrected chi connectivity index (χ4v) is 2.56. The van der Waals surface area contributed by atoms with Gasteiger partial charge in [0.1, 0.15) is 5.75 Å². The fourth-order valence-electron chi connectivity index (χ4n) is 1.19.